The van der Waals surface area contributed by atoms with Crippen molar-refractivity contribution in [3.63, 3.8) is 0 Å². The summed E-state index contributed by atoms with van der Waals surface area (Å²) in [6.07, 6.45) is 4.87. The van der Waals surface area contributed by atoms with Crippen LogP contribution in [-0.4, -0.2) is 28.2 Å². The summed E-state index contributed by atoms with van der Waals surface area (Å²) in [5.41, 5.74) is 0.700. The van der Waals surface area contributed by atoms with E-state index >= 15 is 0 Å². The molecule has 106 valence electrons. The summed E-state index contributed by atoms with van der Waals surface area (Å²) in [5, 5.41) is 7.38. The standard InChI is InChI=1S/C13H14Br2N4O/c14-9-5-10(15)12(17-7-9)13-18-11(20-19-13)2-1-8-3-4-16-6-8/h5,7-8,16H,1-4,6H2. The number of nitrogens with one attached hydrogen (secondary N) is 1. The Bertz CT molecular complexity index is 596. The molecule has 0 amide bonds. The number of pyridine rings is 1. The number of halogens is 2. The molecule has 1 N–H and O–H groups in total. The van der Waals surface area contributed by atoms with Crippen LogP contribution in [-0.2, 0) is 6.42 Å². The molecule has 1 atom stereocenters. The van der Waals surface area contributed by atoms with Crippen molar-refractivity contribution in [1.82, 2.24) is 20.4 Å². The minimum absolute atomic E-state index is 0.531. The van der Waals surface area contributed by atoms with E-state index in [-0.39, 0.29) is 0 Å². The van der Waals surface area contributed by atoms with E-state index in [2.05, 4.69) is 52.3 Å². The zero-order chi connectivity index (χ0) is 13.9. The summed E-state index contributed by atoms with van der Waals surface area (Å²) >= 11 is 6.84. The zero-order valence-electron chi connectivity index (χ0n) is 10.8. The van der Waals surface area contributed by atoms with Crippen LogP contribution in [0.1, 0.15) is 18.7 Å². The molecule has 0 spiro atoms. The van der Waals surface area contributed by atoms with Crippen molar-refractivity contribution in [3.8, 4) is 11.5 Å². The lowest BCUT2D eigenvalue weighted by molar-refractivity contribution is 0.365. The van der Waals surface area contributed by atoms with Crippen LogP contribution in [0.3, 0.4) is 0 Å². The Hall–Kier alpha value is -0.790. The summed E-state index contributed by atoms with van der Waals surface area (Å²) in [5.74, 6) is 1.94. The van der Waals surface area contributed by atoms with Gasteiger partial charge in [0.05, 0.1) is 0 Å². The van der Waals surface area contributed by atoms with Crippen molar-refractivity contribution in [1.29, 1.82) is 0 Å². The number of hydrogen-bond acceptors (Lipinski definition) is 5. The largest absolute Gasteiger partial charge is 0.339 e. The first-order chi connectivity index (χ1) is 9.72. The summed E-state index contributed by atoms with van der Waals surface area (Å²) in [6.45, 7) is 2.22. The lowest BCUT2D eigenvalue weighted by Crippen LogP contribution is -2.09. The van der Waals surface area contributed by atoms with Gasteiger partial charge in [0.25, 0.3) is 0 Å². The highest BCUT2D eigenvalue weighted by Crippen LogP contribution is 2.26. The van der Waals surface area contributed by atoms with Crippen LogP contribution in [0.4, 0.5) is 0 Å². The van der Waals surface area contributed by atoms with Crippen molar-refractivity contribution in [2.45, 2.75) is 19.3 Å². The molecule has 1 aliphatic rings. The highest BCUT2D eigenvalue weighted by molar-refractivity contribution is 9.11. The SMILES string of the molecule is Brc1cnc(-c2noc(CCC3CCNC3)n2)c(Br)c1. The first kappa shape index (κ1) is 14.2. The van der Waals surface area contributed by atoms with Gasteiger partial charge in [-0.2, -0.15) is 4.98 Å². The number of nitrogens with zero attached hydrogens (tertiary/aromatic N) is 3. The molecule has 0 saturated carbocycles. The molecule has 2 aromatic rings. The third kappa shape index (κ3) is 3.27. The molecular weight excluding hydrogens is 388 g/mol. The summed E-state index contributed by atoms with van der Waals surface area (Å²) < 4.78 is 7.06. The van der Waals surface area contributed by atoms with Gasteiger partial charge in [-0.25, -0.2) is 0 Å². The molecule has 0 bridgehead atoms. The Morgan fingerprint density at radius 2 is 2.30 bits per heavy atom. The minimum Gasteiger partial charge on any atom is -0.339 e. The zero-order valence-corrected chi connectivity index (χ0v) is 13.9. The number of aryl methyl sites for hydroxylation is 1. The van der Waals surface area contributed by atoms with Crippen LogP contribution in [0.25, 0.3) is 11.5 Å². The van der Waals surface area contributed by atoms with Crippen molar-refractivity contribution >= 4 is 31.9 Å². The van der Waals surface area contributed by atoms with Gasteiger partial charge in [0, 0.05) is 21.6 Å². The molecule has 1 unspecified atom stereocenters. The van der Waals surface area contributed by atoms with Crippen LogP contribution in [0.15, 0.2) is 25.7 Å². The Labute approximate surface area is 133 Å². The van der Waals surface area contributed by atoms with Crippen molar-refractivity contribution in [3.05, 3.63) is 27.1 Å². The molecule has 20 heavy (non-hydrogen) atoms. The van der Waals surface area contributed by atoms with Gasteiger partial charge in [0.2, 0.25) is 11.7 Å². The van der Waals surface area contributed by atoms with Crippen molar-refractivity contribution < 1.29 is 4.52 Å². The Balaban J connectivity index is 1.69. The molecule has 5 nitrogen and oxygen atoms in total. The van der Waals surface area contributed by atoms with Crippen LogP contribution < -0.4 is 5.32 Å². The fourth-order valence-electron chi connectivity index (χ4n) is 2.32. The van der Waals surface area contributed by atoms with E-state index in [1.54, 1.807) is 6.20 Å². The topological polar surface area (TPSA) is 63.8 Å². The second-order valence-corrected chi connectivity index (χ2v) is 6.66. The second kappa shape index (κ2) is 6.32. The van der Waals surface area contributed by atoms with Gasteiger partial charge < -0.3 is 9.84 Å². The average molecular weight is 402 g/mol. The van der Waals surface area contributed by atoms with E-state index < -0.39 is 0 Å². The number of rotatable bonds is 4. The lowest BCUT2D eigenvalue weighted by Gasteiger charge is -2.03. The van der Waals surface area contributed by atoms with Gasteiger partial charge >= 0.3 is 0 Å². The Kier molecular flexibility index (Phi) is 4.48. The third-order valence-electron chi connectivity index (χ3n) is 3.42. The van der Waals surface area contributed by atoms with Crippen LogP contribution in [0, 0.1) is 5.92 Å². The normalized spacial score (nSPS) is 18.6. The summed E-state index contributed by atoms with van der Waals surface area (Å²) in [6, 6.07) is 1.92. The Morgan fingerprint density at radius 1 is 1.40 bits per heavy atom. The maximum absolute atomic E-state index is 5.31. The lowest BCUT2D eigenvalue weighted by atomic mass is 10.0. The van der Waals surface area contributed by atoms with E-state index in [0.717, 1.165) is 40.8 Å². The second-order valence-electron chi connectivity index (χ2n) is 4.89. The molecular formula is C13H14Br2N4O. The molecule has 7 heteroatoms. The third-order valence-corrected chi connectivity index (χ3v) is 4.45. The van der Waals surface area contributed by atoms with Crippen molar-refractivity contribution in [2.24, 2.45) is 5.92 Å². The fourth-order valence-corrected chi connectivity index (χ4v) is 3.48. The number of hydrogen-bond donors (Lipinski definition) is 1. The van der Waals surface area contributed by atoms with Crippen LogP contribution >= 0.6 is 31.9 Å². The first-order valence-electron chi connectivity index (χ1n) is 6.57. The van der Waals surface area contributed by atoms with E-state index in [0.29, 0.717) is 17.4 Å². The maximum atomic E-state index is 5.31. The van der Waals surface area contributed by atoms with Gasteiger partial charge in [-0.3, -0.25) is 4.98 Å². The molecule has 0 aromatic carbocycles. The van der Waals surface area contributed by atoms with E-state index in [9.17, 15) is 0 Å². The van der Waals surface area contributed by atoms with Crippen LogP contribution in [0.5, 0.6) is 0 Å². The van der Waals surface area contributed by atoms with Crippen molar-refractivity contribution in [2.75, 3.05) is 13.1 Å². The van der Waals surface area contributed by atoms with Gasteiger partial charge in [-0.1, -0.05) is 5.16 Å². The highest BCUT2D eigenvalue weighted by Gasteiger charge is 2.17. The number of aromatic nitrogens is 3. The molecule has 3 rings (SSSR count). The quantitative estimate of drug-likeness (QED) is 0.852. The first-order valence-corrected chi connectivity index (χ1v) is 8.15. The van der Waals surface area contributed by atoms with E-state index in [4.69, 9.17) is 4.52 Å². The van der Waals surface area contributed by atoms with Gasteiger partial charge in [0.15, 0.2) is 0 Å². The maximum Gasteiger partial charge on any atom is 0.227 e. The smallest absolute Gasteiger partial charge is 0.227 e. The van der Waals surface area contributed by atoms with E-state index in [1.165, 1.54) is 6.42 Å². The van der Waals surface area contributed by atoms with E-state index in [1.807, 2.05) is 6.07 Å². The average Bonchev–Trinajstić information content (AvgIpc) is 3.07. The molecule has 1 aliphatic heterocycles. The van der Waals surface area contributed by atoms with Crippen LogP contribution in [0.2, 0.25) is 0 Å². The predicted molar refractivity (Wildman–Crippen MR) is 82.2 cm³/mol. The fraction of sp³-hybridized carbons (Fsp3) is 0.462. The molecule has 0 aliphatic carbocycles. The molecule has 1 saturated heterocycles. The molecule has 2 aromatic heterocycles. The van der Waals surface area contributed by atoms with Gasteiger partial charge in [-0.15, -0.1) is 0 Å². The Morgan fingerprint density at radius 3 is 3.05 bits per heavy atom. The minimum atomic E-state index is 0.531. The molecule has 1 fully saturated rings. The van der Waals surface area contributed by atoms with Gasteiger partial charge in [0.1, 0.15) is 5.69 Å². The summed E-state index contributed by atoms with van der Waals surface area (Å²) in [7, 11) is 0. The van der Waals surface area contributed by atoms with Gasteiger partial charge in [-0.05, 0) is 69.8 Å². The highest BCUT2D eigenvalue weighted by atomic mass is 79.9. The molecule has 0 radical (unpaired) electrons. The predicted octanol–water partition coefficient (Wildman–Crippen LogP) is 3.20. The summed E-state index contributed by atoms with van der Waals surface area (Å²) in [4.78, 5) is 8.74. The monoisotopic (exact) mass is 400 g/mol. The molecule has 3 heterocycles.